The van der Waals surface area contributed by atoms with Crippen molar-refractivity contribution in [3.63, 3.8) is 0 Å². The number of urea groups is 1. The van der Waals surface area contributed by atoms with Gasteiger partial charge in [0.05, 0.1) is 24.3 Å². The fourth-order valence-corrected chi connectivity index (χ4v) is 2.94. The van der Waals surface area contributed by atoms with Crippen molar-refractivity contribution in [1.82, 2.24) is 5.48 Å². The third-order valence-corrected chi connectivity index (χ3v) is 4.25. The number of amides is 2. The van der Waals surface area contributed by atoms with Gasteiger partial charge in [-0.15, -0.1) is 0 Å². The third-order valence-electron chi connectivity index (χ3n) is 4.25. The van der Waals surface area contributed by atoms with Crippen LogP contribution >= 0.6 is 0 Å². The summed E-state index contributed by atoms with van der Waals surface area (Å²) in [6, 6.07) is 11.8. The van der Waals surface area contributed by atoms with Crippen molar-refractivity contribution in [3.8, 4) is 0 Å². The van der Waals surface area contributed by atoms with E-state index in [0.29, 0.717) is 10.6 Å². The summed E-state index contributed by atoms with van der Waals surface area (Å²) in [5.74, 6) is -1.41. The van der Waals surface area contributed by atoms with Gasteiger partial charge < -0.3 is 4.84 Å². The number of hydroxylamine groups is 2. The molecule has 0 radical (unpaired) electrons. The van der Waals surface area contributed by atoms with Gasteiger partial charge in [0.1, 0.15) is 0 Å². The number of benzene rings is 2. The van der Waals surface area contributed by atoms with Crippen molar-refractivity contribution in [2.75, 3.05) is 12.2 Å². The van der Waals surface area contributed by atoms with Gasteiger partial charge >= 0.3 is 18.2 Å². The van der Waals surface area contributed by atoms with Crippen LogP contribution in [0, 0.1) is 5.41 Å². The van der Waals surface area contributed by atoms with E-state index in [9.17, 15) is 22.8 Å². The lowest BCUT2D eigenvalue weighted by Gasteiger charge is -2.29. The van der Waals surface area contributed by atoms with Gasteiger partial charge in [-0.3, -0.25) is 4.84 Å². The highest BCUT2D eigenvalue weighted by Crippen LogP contribution is 2.36. The van der Waals surface area contributed by atoms with E-state index in [1.54, 1.807) is 24.3 Å². The number of nitrogens with zero attached hydrogens (tertiary/aromatic N) is 1. The maximum Gasteiger partial charge on any atom is 0.416 e. The number of nitrogens with one attached hydrogen (secondary N) is 1. The number of anilines is 1. The fraction of sp³-hybridized carbons (Fsp3) is 0.333. The molecule has 30 heavy (non-hydrogen) atoms. The van der Waals surface area contributed by atoms with E-state index in [1.165, 1.54) is 6.07 Å². The van der Waals surface area contributed by atoms with E-state index in [-0.39, 0.29) is 5.69 Å². The molecule has 0 heterocycles. The fourth-order valence-electron chi connectivity index (χ4n) is 2.94. The predicted molar refractivity (Wildman–Crippen MR) is 104 cm³/mol. The number of carbonyl (C=O) groups is 2. The zero-order chi connectivity index (χ0) is 22.5. The molecular formula is C21H23F3N2O4. The van der Waals surface area contributed by atoms with Crippen LogP contribution in [-0.4, -0.2) is 19.1 Å². The molecule has 0 fully saturated rings. The zero-order valence-corrected chi connectivity index (χ0v) is 17.0. The van der Waals surface area contributed by atoms with E-state index in [2.05, 4.69) is 0 Å². The summed E-state index contributed by atoms with van der Waals surface area (Å²) >= 11 is 0. The van der Waals surface area contributed by atoms with Gasteiger partial charge in [0.25, 0.3) is 0 Å². The Balaban J connectivity index is 2.15. The second kappa shape index (κ2) is 9.17. The summed E-state index contributed by atoms with van der Waals surface area (Å²) in [4.78, 5) is 34.9. The molecule has 2 aromatic carbocycles. The van der Waals surface area contributed by atoms with Crippen LogP contribution in [0.15, 0.2) is 54.6 Å². The monoisotopic (exact) mass is 424 g/mol. The minimum Gasteiger partial charge on any atom is -0.339 e. The van der Waals surface area contributed by atoms with Gasteiger partial charge in [0.2, 0.25) is 0 Å². The summed E-state index contributed by atoms with van der Waals surface area (Å²) < 4.78 is 38.8. The van der Waals surface area contributed by atoms with Gasteiger partial charge in [-0.05, 0) is 29.2 Å². The highest BCUT2D eigenvalue weighted by atomic mass is 19.4. The molecule has 162 valence electrons. The van der Waals surface area contributed by atoms with E-state index in [0.717, 1.165) is 25.3 Å². The van der Waals surface area contributed by atoms with E-state index in [1.807, 2.05) is 32.3 Å². The number of hydrogen-bond donors (Lipinski definition) is 1. The quantitative estimate of drug-likeness (QED) is 0.696. The SMILES string of the molecule is CON(C(=O)NOC(=O)C(c1ccccc1)C(C)(C)C)c1cccc(C(F)(F)F)c1. The van der Waals surface area contributed by atoms with Crippen molar-refractivity contribution in [1.29, 1.82) is 0 Å². The molecule has 2 aromatic rings. The summed E-state index contributed by atoms with van der Waals surface area (Å²) in [5, 5.41) is 0.553. The minimum atomic E-state index is -4.59. The highest BCUT2D eigenvalue weighted by molar-refractivity contribution is 5.90. The molecule has 0 aromatic heterocycles. The van der Waals surface area contributed by atoms with Gasteiger partial charge in [0.15, 0.2) is 0 Å². The Morgan fingerprint density at radius 1 is 1.00 bits per heavy atom. The first kappa shape index (κ1) is 23.2. The molecular weight excluding hydrogens is 401 g/mol. The molecule has 9 heteroatoms. The van der Waals surface area contributed by atoms with Crippen LogP contribution in [-0.2, 0) is 20.6 Å². The Labute approximate surface area is 172 Å². The lowest BCUT2D eigenvalue weighted by Crippen LogP contribution is -2.42. The van der Waals surface area contributed by atoms with Crippen LogP contribution in [0.4, 0.5) is 23.7 Å². The van der Waals surface area contributed by atoms with Crippen LogP contribution in [0.3, 0.4) is 0 Å². The molecule has 2 rings (SSSR count). The van der Waals surface area contributed by atoms with Crippen molar-refractivity contribution in [2.45, 2.75) is 32.9 Å². The first-order valence-electron chi connectivity index (χ1n) is 9.02. The predicted octanol–water partition coefficient (Wildman–Crippen LogP) is 5.07. The Morgan fingerprint density at radius 2 is 1.63 bits per heavy atom. The van der Waals surface area contributed by atoms with Crippen molar-refractivity contribution < 1.29 is 32.4 Å². The van der Waals surface area contributed by atoms with Crippen LogP contribution < -0.4 is 10.5 Å². The van der Waals surface area contributed by atoms with Crippen molar-refractivity contribution in [2.24, 2.45) is 5.41 Å². The van der Waals surface area contributed by atoms with Crippen LogP contribution in [0.2, 0.25) is 0 Å². The normalized spacial score (nSPS) is 12.8. The number of alkyl halides is 3. The highest BCUT2D eigenvalue weighted by Gasteiger charge is 2.35. The summed E-state index contributed by atoms with van der Waals surface area (Å²) in [6.07, 6.45) is -4.59. The zero-order valence-electron chi connectivity index (χ0n) is 17.0. The Kier molecular flexibility index (Phi) is 7.09. The first-order valence-corrected chi connectivity index (χ1v) is 9.02. The molecule has 0 saturated carbocycles. The van der Waals surface area contributed by atoms with Crippen LogP contribution in [0.1, 0.15) is 37.8 Å². The third kappa shape index (κ3) is 5.73. The van der Waals surface area contributed by atoms with Gasteiger partial charge in [-0.25, -0.2) is 9.59 Å². The molecule has 0 spiro atoms. The number of carbonyl (C=O) groups excluding carboxylic acids is 2. The number of hydrogen-bond acceptors (Lipinski definition) is 4. The molecule has 0 saturated heterocycles. The lowest BCUT2D eigenvalue weighted by atomic mass is 9.76. The molecule has 0 aliphatic heterocycles. The van der Waals surface area contributed by atoms with Gasteiger partial charge in [-0.2, -0.15) is 23.7 Å². The minimum absolute atomic E-state index is 0.184. The van der Waals surface area contributed by atoms with Crippen molar-refractivity contribution >= 4 is 17.7 Å². The second-order valence-corrected chi connectivity index (χ2v) is 7.56. The Morgan fingerprint density at radius 3 is 2.17 bits per heavy atom. The average Bonchev–Trinajstić information content (AvgIpc) is 2.66. The van der Waals surface area contributed by atoms with E-state index < -0.39 is 35.1 Å². The molecule has 1 unspecified atom stereocenters. The second-order valence-electron chi connectivity index (χ2n) is 7.56. The molecule has 0 aliphatic carbocycles. The Hall–Kier alpha value is -3.07. The summed E-state index contributed by atoms with van der Waals surface area (Å²) in [7, 11) is 1.10. The maximum absolute atomic E-state index is 12.9. The molecule has 0 bridgehead atoms. The molecule has 6 nitrogen and oxygen atoms in total. The van der Waals surface area contributed by atoms with E-state index >= 15 is 0 Å². The van der Waals surface area contributed by atoms with Gasteiger partial charge in [0, 0.05) is 0 Å². The largest absolute Gasteiger partial charge is 0.416 e. The summed E-state index contributed by atoms with van der Waals surface area (Å²) in [5.41, 5.74) is 0.982. The Bertz CT molecular complexity index is 880. The topological polar surface area (TPSA) is 67.9 Å². The standard InChI is InChI=1S/C21H23F3N2O4/c1-20(2,3)17(14-9-6-5-7-10-14)18(27)30-25-19(28)26(29-4)16-12-8-11-15(13-16)21(22,23)24/h5-13,17H,1-4H3,(H,25,28). The smallest absolute Gasteiger partial charge is 0.339 e. The lowest BCUT2D eigenvalue weighted by molar-refractivity contribution is -0.153. The number of rotatable bonds is 4. The van der Waals surface area contributed by atoms with E-state index in [4.69, 9.17) is 9.68 Å². The number of halogens is 3. The summed E-state index contributed by atoms with van der Waals surface area (Å²) in [6.45, 7) is 5.54. The van der Waals surface area contributed by atoms with Crippen LogP contribution in [0.5, 0.6) is 0 Å². The molecule has 0 aliphatic rings. The molecule has 1 N–H and O–H groups in total. The maximum atomic E-state index is 12.9. The van der Waals surface area contributed by atoms with Gasteiger partial charge in [-0.1, -0.05) is 57.2 Å². The van der Waals surface area contributed by atoms with Crippen molar-refractivity contribution in [3.05, 3.63) is 65.7 Å². The first-order chi connectivity index (χ1) is 13.9. The van der Waals surface area contributed by atoms with Crippen LogP contribution in [0.25, 0.3) is 0 Å². The average molecular weight is 424 g/mol. The molecule has 2 amide bonds. The molecule has 1 atom stereocenters.